The first kappa shape index (κ1) is 9.19. The number of aromatic nitrogens is 1. The second kappa shape index (κ2) is 3.23. The van der Waals surface area contributed by atoms with Gasteiger partial charge in [-0.3, -0.25) is 9.78 Å². The first-order chi connectivity index (χ1) is 5.52. The van der Waals surface area contributed by atoms with Crippen LogP contribution in [0.15, 0.2) is 11.7 Å². The van der Waals surface area contributed by atoms with Crippen molar-refractivity contribution in [2.45, 2.75) is 20.3 Å². The average Bonchev–Trinajstić information content (AvgIpc) is 2.38. The lowest BCUT2D eigenvalue weighted by molar-refractivity contribution is -0.146. The lowest BCUT2D eigenvalue weighted by Gasteiger charge is -2.16. The lowest BCUT2D eigenvalue weighted by atomic mass is 9.89. The van der Waals surface area contributed by atoms with E-state index in [2.05, 4.69) is 4.98 Å². The Hall–Kier alpha value is -0.900. The smallest absolute Gasteiger partial charge is 0.309 e. The van der Waals surface area contributed by atoms with Crippen LogP contribution >= 0.6 is 11.3 Å². The van der Waals surface area contributed by atoms with Crippen LogP contribution in [0.25, 0.3) is 0 Å². The zero-order valence-corrected chi connectivity index (χ0v) is 7.89. The van der Waals surface area contributed by atoms with Crippen LogP contribution < -0.4 is 0 Å². The molecule has 0 unspecified atom stereocenters. The normalized spacial score (nSPS) is 11.5. The Morgan fingerprint density at radius 1 is 1.75 bits per heavy atom. The van der Waals surface area contributed by atoms with E-state index in [1.165, 1.54) is 11.3 Å². The van der Waals surface area contributed by atoms with E-state index in [4.69, 9.17) is 5.11 Å². The summed E-state index contributed by atoms with van der Waals surface area (Å²) >= 11 is 1.49. The molecule has 0 radical (unpaired) electrons. The van der Waals surface area contributed by atoms with Crippen LogP contribution in [0, 0.1) is 5.41 Å². The number of nitrogens with zero attached hydrogens (tertiary/aromatic N) is 1. The number of thiazole rings is 1. The Balaban J connectivity index is 2.69. The van der Waals surface area contributed by atoms with Crippen LogP contribution in [0.2, 0.25) is 0 Å². The average molecular weight is 185 g/mol. The van der Waals surface area contributed by atoms with Crippen LogP contribution in [0.1, 0.15) is 18.7 Å². The van der Waals surface area contributed by atoms with E-state index in [0.29, 0.717) is 6.42 Å². The summed E-state index contributed by atoms with van der Waals surface area (Å²) in [5.41, 5.74) is 1.03. The Labute approximate surface area is 75.1 Å². The topological polar surface area (TPSA) is 50.2 Å². The highest BCUT2D eigenvalue weighted by Crippen LogP contribution is 2.23. The van der Waals surface area contributed by atoms with Gasteiger partial charge < -0.3 is 5.11 Å². The summed E-state index contributed by atoms with van der Waals surface area (Å²) in [5, 5.41) is 8.82. The minimum atomic E-state index is -0.768. The van der Waals surface area contributed by atoms with Crippen molar-refractivity contribution in [3.8, 4) is 0 Å². The number of hydrogen-bond donors (Lipinski definition) is 1. The Morgan fingerprint density at radius 3 is 2.83 bits per heavy atom. The Kier molecular flexibility index (Phi) is 2.47. The molecule has 0 aliphatic carbocycles. The molecule has 1 N–H and O–H groups in total. The molecule has 0 atom stereocenters. The third-order valence-corrected chi connectivity index (χ3v) is 2.46. The lowest BCUT2D eigenvalue weighted by Crippen LogP contribution is -2.25. The maximum absolute atomic E-state index is 10.7. The second-order valence-corrected chi connectivity index (χ2v) is 4.30. The molecule has 12 heavy (non-hydrogen) atoms. The van der Waals surface area contributed by atoms with Crippen molar-refractivity contribution in [1.29, 1.82) is 0 Å². The van der Waals surface area contributed by atoms with Crippen LogP contribution in [0.3, 0.4) is 0 Å². The number of hydrogen-bond acceptors (Lipinski definition) is 3. The molecule has 1 aromatic heterocycles. The summed E-state index contributed by atoms with van der Waals surface area (Å²) < 4.78 is 0. The first-order valence-electron chi connectivity index (χ1n) is 3.63. The molecule has 0 aromatic carbocycles. The zero-order chi connectivity index (χ0) is 9.19. The summed E-state index contributed by atoms with van der Waals surface area (Å²) in [6.07, 6.45) is 2.27. The molecule has 0 spiro atoms. The van der Waals surface area contributed by atoms with E-state index < -0.39 is 11.4 Å². The Bertz CT molecular complexity index is 267. The van der Waals surface area contributed by atoms with E-state index >= 15 is 0 Å². The standard InChI is InChI=1S/C8H11NO2S/c1-8(2,7(10)11)3-6-4-9-5-12-6/h4-5H,3H2,1-2H3,(H,10,11). The molecule has 0 saturated carbocycles. The first-order valence-corrected chi connectivity index (χ1v) is 4.51. The predicted molar refractivity (Wildman–Crippen MR) is 47.2 cm³/mol. The van der Waals surface area contributed by atoms with E-state index in [0.717, 1.165) is 4.88 Å². The second-order valence-electron chi connectivity index (χ2n) is 3.33. The molecule has 1 heterocycles. The molecule has 4 heteroatoms. The van der Waals surface area contributed by atoms with Gasteiger partial charge >= 0.3 is 5.97 Å². The highest BCUT2D eigenvalue weighted by atomic mass is 32.1. The molecular weight excluding hydrogens is 174 g/mol. The van der Waals surface area contributed by atoms with Crippen LogP contribution in [-0.4, -0.2) is 16.1 Å². The van der Waals surface area contributed by atoms with Crippen LogP contribution in [-0.2, 0) is 11.2 Å². The van der Waals surface area contributed by atoms with Gasteiger partial charge in [-0.25, -0.2) is 0 Å². The fourth-order valence-electron chi connectivity index (χ4n) is 0.841. The maximum Gasteiger partial charge on any atom is 0.309 e. The molecule has 0 fully saturated rings. The fraction of sp³-hybridized carbons (Fsp3) is 0.500. The molecule has 0 aliphatic heterocycles. The van der Waals surface area contributed by atoms with E-state index in [1.807, 2.05) is 0 Å². The molecule has 66 valence electrons. The number of rotatable bonds is 3. The molecule has 1 rings (SSSR count). The molecule has 0 saturated heterocycles. The monoisotopic (exact) mass is 185 g/mol. The third kappa shape index (κ3) is 2.04. The summed E-state index contributed by atoms with van der Waals surface area (Å²) in [4.78, 5) is 15.6. The van der Waals surface area contributed by atoms with Crippen molar-refractivity contribution < 1.29 is 9.90 Å². The predicted octanol–water partition coefficient (Wildman–Crippen LogP) is 1.80. The van der Waals surface area contributed by atoms with Gasteiger partial charge in [0.15, 0.2) is 0 Å². The maximum atomic E-state index is 10.7. The number of carboxylic acid groups (broad SMARTS) is 1. The fourth-order valence-corrected chi connectivity index (χ4v) is 1.66. The molecule has 1 aromatic rings. The third-order valence-electron chi connectivity index (χ3n) is 1.68. The summed E-state index contributed by atoms with van der Waals surface area (Å²) in [5.74, 6) is -0.768. The van der Waals surface area contributed by atoms with Gasteiger partial charge in [0.2, 0.25) is 0 Å². The number of carboxylic acids is 1. The van der Waals surface area contributed by atoms with Gasteiger partial charge in [0.25, 0.3) is 0 Å². The van der Waals surface area contributed by atoms with Crippen molar-refractivity contribution in [3.63, 3.8) is 0 Å². The largest absolute Gasteiger partial charge is 0.481 e. The van der Waals surface area contributed by atoms with Gasteiger partial charge in [0, 0.05) is 11.1 Å². The van der Waals surface area contributed by atoms with Gasteiger partial charge in [-0.1, -0.05) is 0 Å². The van der Waals surface area contributed by atoms with Crippen LogP contribution in [0.5, 0.6) is 0 Å². The van der Waals surface area contributed by atoms with Crippen LogP contribution in [0.4, 0.5) is 0 Å². The molecule has 0 bridgehead atoms. The van der Waals surface area contributed by atoms with Gasteiger partial charge in [-0.2, -0.15) is 0 Å². The summed E-state index contributed by atoms with van der Waals surface area (Å²) in [6, 6.07) is 0. The van der Waals surface area contributed by atoms with Crippen molar-refractivity contribution in [2.24, 2.45) is 5.41 Å². The van der Waals surface area contributed by atoms with Crippen molar-refractivity contribution in [1.82, 2.24) is 4.98 Å². The van der Waals surface area contributed by atoms with Crippen molar-refractivity contribution in [2.75, 3.05) is 0 Å². The minimum Gasteiger partial charge on any atom is -0.481 e. The number of aliphatic carboxylic acids is 1. The van der Waals surface area contributed by atoms with Gasteiger partial charge in [-0.15, -0.1) is 11.3 Å². The molecule has 0 aliphatic rings. The van der Waals surface area contributed by atoms with Crippen molar-refractivity contribution in [3.05, 3.63) is 16.6 Å². The van der Waals surface area contributed by atoms with Crippen molar-refractivity contribution >= 4 is 17.3 Å². The molecular formula is C8H11NO2S. The van der Waals surface area contributed by atoms with E-state index in [-0.39, 0.29) is 0 Å². The van der Waals surface area contributed by atoms with Gasteiger partial charge in [0.1, 0.15) is 0 Å². The Morgan fingerprint density at radius 2 is 2.42 bits per heavy atom. The van der Waals surface area contributed by atoms with E-state index in [9.17, 15) is 4.79 Å². The SMILES string of the molecule is CC(C)(Cc1cncs1)C(=O)O. The zero-order valence-electron chi connectivity index (χ0n) is 7.07. The number of carbonyl (C=O) groups is 1. The van der Waals surface area contributed by atoms with Gasteiger partial charge in [0.05, 0.1) is 10.9 Å². The summed E-state index contributed by atoms with van der Waals surface area (Å²) in [6.45, 7) is 3.43. The minimum absolute atomic E-state index is 0.549. The quantitative estimate of drug-likeness (QED) is 0.781. The van der Waals surface area contributed by atoms with Gasteiger partial charge in [-0.05, 0) is 20.3 Å². The summed E-state index contributed by atoms with van der Waals surface area (Å²) in [7, 11) is 0. The highest BCUT2D eigenvalue weighted by Gasteiger charge is 2.27. The molecule has 0 amide bonds. The molecule has 3 nitrogen and oxygen atoms in total. The highest BCUT2D eigenvalue weighted by molar-refractivity contribution is 7.09. The van der Waals surface area contributed by atoms with E-state index in [1.54, 1.807) is 25.6 Å².